The molecule has 1 atom stereocenters. The van der Waals surface area contributed by atoms with Crippen molar-refractivity contribution in [3.05, 3.63) is 70.4 Å². The van der Waals surface area contributed by atoms with E-state index in [1.54, 1.807) is 0 Å². The highest BCUT2D eigenvalue weighted by atomic mass is 32.2. The van der Waals surface area contributed by atoms with Crippen molar-refractivity contribution in [1.82, 2.24) is 4.72 Å². The van der Waals surface area contributed by atoms with Crippen LogP contribution in [0.3, 0.4) is 0 Å². The number of aryl methyl sites for hydroxylation is 4. The Hall–Kier alpha value is -2.30. The van der Waals surface area contributed by atoms with Crippen LogP contribution < -0.4 is 9.46 Å². The van der Waals surface area contributed by atoms with E-state index in [-0.39, 0.29) is 6.04 Å². The van der Waals surface area contributed by atoms with E-state index in [2.05, 4.69) is 89.0 Å². The number of benzene rings is 2. The zero-order valence-corrected chi connectivity index (χ0v) is 24.3. The Kier molecular flexibility index (Phi) is 14.5. The van der Waals surface area contributed by atoms with Crippen molar-refractivity contribution in [2.45, 2.75) is 93.5 Å². The van der Waals surface area contributed by atoms with E-state index in [0.717, 1.165) is 11.3 Å². The maximum atomic E-state index is 5.78. The number of ether oxygens (including phenoxy) is 1. The predicted molar refractivity (Wildman–Crippen MR) is 159 cm³/mol. The van der Waals surface area contributed by atoms with Crippen LogP contribution in [-0.2, 0) is 0 Å². The molecule has 0 aliphatic rings. The third-order valence-corrected chi connectivity index (χ3v) is 7.12. The first kappa shape index (κ1) is 31.7. The van der Waals surface area contributed by atoms with Crippen molar-refractivity contribution >= 4 is 27.0 Å². The molecule has 0 spiro atoms. The molecular weight excluding hydrogens is 436 g/mol. The topological polar surface area (TPSA) is 33.6 Å². The number of rotatable bonds is 6. The standard InChI is InChI=1S/C25H34N2OS.C3H8.C2H6/c1-17-10-12-24(13-11-17)28-23(7)26-16-21(5)22(6)27-29(8,9)25-15-19(3)18(2)14-20(25)4;1-3-2;1-2/h10-16,22,27H,8-9H2,1-7H3;3H2,1-2H3;1-2H3/b21-16+,26-23?;;. The molecule has 0 heterocycles. The quantitative estimate of drug-likeness (QED) is 0.253. The summed E-state index contributed by atoms with van der Waals surface area (Å²) in [6.45, 7) is 22.7. The smallest absolute Gasteiger partial charge is 0.191 e. The van der Waals surface area contributed by atoms with Crippen LogP contribution in [0.1, 0.15) is 77.1 Å². The highest BCUT2D eigenvalue weighted by molar-refractivity contribution is 8.26. The summed E-state index contributed by atoms with van der Waals surface area (Å²) in [4.78, 5) is 5.67. The second kappa shape index (κ2) is 15.6. The Morgan fingerprint density at radius 1 is 0.971 bits per heavy atom. The highest BCUT2D eigenvalue weighted by Crippen LogP contribution is 2.34. The summed E-state index contributed by atoms with van der Waals surface area (Å²) in [5.41, 5.74) is 6.10. The Morgan fingerprint density at radius 2 is 1.47 bits per heavy atom. The number of nitrogens with zero attached hydrogens (tertiary/aromatic N) is 1. The van der Waals surface area contributed by atoms with E-state index < -0.39 is 9.39 Å². The summed E-state index contributed by atoms with van der Waals surface area (Å²) in [7, 11) is -1.64. The monoisotopic (exact) mass is 484 g/mol. The molecule has 1 N–H and O–H groups in total. The Labute approximate surface area is 211 Å². The lowest BCUT2D eigenvalue weighted by Crippen LogP contribution is -2.24. The summed E-state index contributed by atoms with van der Waals surface area (Å²) in [5.74, 6) is 10.2. The molecule has 34 heavy (non-hydrogen) atoms. The van der Waals surface area contributed by atoms with Gasteiger partial charge >= 0.3 is 0 Å². The molecule has 2 aromatic carbocycles. The van der Waals surface area contributed by atoms with Gasteiger partial charge in [-0.1, -0.05) is 69.6 Å². The molecule has 0 radical (unpaired) electrons. The lowest BCUT2D eigenvalue weighted by atomic mass is 10.1. The minimum Gasteiger partial charge on any atom is -0.443 e. The Morgan fingerprint density at radius 3 is 2.00 bits per heavy atom. The number of nitrogens with one attached hydrogen (secondary N) is 1. The number of hydrogen-bond donors (Lipinski definition) is 1. The SMILES string of the molecule is C=S(=C)(NC(C)/C(C)=C/N=C(C)Oc1ccc(C)cc1)c1cc(C)c(C)cc1C.CC.CCC. The van der Waals surface area contributed by atoms with Crippen LogP contribution in [0.2, 0.25) is 0 Å². The molecule has 0 saturated heterocycles. The van der Waals surface area contributed by atoms with E-state index in [9.17, 15) is 0 Å². The molecule has 0 bridgehead atoms. The third kappa shape index (κ3) is 10.8. The van der Waals surface area contributed by atoms with Crippen molar-refractivity contribution in [1.29, 1.82) is 0 Å². The molecule has 1 unspecified atom stereocenters. The van der Waals surface area contributed by atoms with Gasteiger partial charge in [-0.25, -0.2) is 4.99 Å². The van der Waals surface area contributed by atoms with Crippen LogP contribution in [0, 0.1) is 27.7 Å². The van der Waals surface area contributed by atoms with Crippen molar-refractivity contribution in [3.63, 3.8) is 0 Å². The zero-order chi connectivity index (χ0) is 26.5. The van der Waals surface area contributed by atoms with Gasteiger partial charge < -0.3 is 4.74 Å². The van der Waals surface area contributed by atoms with Gasteiger partial charge in [0, 0.05) is 24.1 Å². The van der Waals surface area contributed by atoms with Gasteiger partial charge in [-0.15, -0.1) is 9.39 Å². The number of aliphatic imine (C=N–C) groups is 1. The van der Waals surface area contributed by atoms with Crippen LogP contribution in [0.5, 0.6) is 5.75 Å². The molecule has 0 aliphatic heterocycles. The summed E-state index contributed by atoms with van der Waals surface area (Å²) >= 11 is 0. The second-order valence-corrected chi connectivity index (χ2v) is 11.0. The molecular formula is C30H48N2OS. The molecule has 190 valence electrons. The molecule has 3 nitrogen and oxygen atoms in total. The van der Waals surface area contributed by atoms with Gasteiger partial charge in [-0.05, 0) is 82.0 Å². The largest absolute Gasteiger partial charge is 0.443 e. The van der Waals surface area contributed by atoms with Crippen molar-refractivity contribution < 1.29 is 4.74 Å². The average molecular weight is 485 g/mol. The van der Waals surface area contributed by atoms with Gasteiger partial charge in [0.2, 0.25) is 0 Å². The van der Waals surface area contributed by atoms with Gasteiger partial charge in [0.25, 0.3) is 0 Å². The maximum Gasteiger partial charge on any atom is 0.191 e. The predicted octanol–water partition coefficient (Wildman–Crippen LogP) is 8.68. The fourth-order valence-corrected chi connectivity index (χ4v) is 5.02. The van der Waals surface area contributed by atoms with E-state index in [4.69, 9.17) is 4.74 Å². The average Bonchev–Trinajstić information content (AvgIpc) is 2.77. The van der Waals surface area contributed by atoms with Crippen molar-refractivity contribution in [2.75, 3.05) is 0 Å². The summed E-state index contributed by atoms with van der Waals surface area (Å²) in [6, 6.07) is 12.5. The van der Waals surface area contributed by atoms with Gasteiger partial charge in [-0.2, -0.15) is 0 Å². The normalized spacial score (nSPS) is 12.7. The maximum absolute atomic E-state index is 5.78. The van der Waals surface area contributed by atoms with Crippen LogP contribution in [0.4, 0.5) is 0 Å². The summed E-state index contributed by atoms with van der Waals surface area (Å²) in [6.07, 6.45) is 3.10. The molecule has 0 fully saturated rings. The van der Waals surface area contributed by atoms with E-state index in [1.165, 1.54) is 33.6 Å². The first-order valence-corrected chi connectivity index (χ1v) is 14.2. The number of hydrogen-bond acceptors (Lipinski definition) is 3. The zero-order valence-electron chi connectivity index (χ0n) is 23.5. The first-order chi connectivity index (χ1) is 15.9. The first-order valence-electron chi connectivity index (χ1n) is 12.2. The van der Waals surface area contributed by atoms with E-state index in [0.29, 0.717) is 5.90 Å². The minimum absolute atomic E-state index is 0.0944. The lowest BCUT2D eigenvalue weighted by molar-refractivity contribution is 0.546. The third-order valence-electron chi connectivity index (χ3n) is 5.03. The fourth-order valence-electron chi connectivity index (χ4n) is 2.96. The van der Waals surface area contributed by atoms with Crippen LogP contribution in [0.25, 0.3) is 0 Å². The molecule has 0 saturated carbocycles. The van der Waals surface area contributed by atoms with Gasteiger partial charge in [-0.3, -0.25) is 4.72 Å². The van der Waals surface area contributed by atoms with E-state index >= 15 is 0 Å². The summed E-state index contributed by atoms with van der Waals surface area (Å²) in [5, 5.41) is 0. The van der Waals surface area contributed by atoms with Crippen LogP contribution in [0.15, 0.2) is 58.1 Å². The lowest BCUT2D eigenvalue weighted by Gasteiger charge is -2.25. The fraction of sp³-hybridized carbons (Fsp3) is 0.433. The van der Waals surface area contributed by atoms with Gasteiger partial charge in [0.15, 0.2) is 5.90 Å². The second-order valence-electron chi connectivity index (χ2n) is 8.57. The summed E-state index contributed by atoms with van der Waals surface area (Å²) < 4.78 is 9.40. The van der Waals surface area contributed by atoms with Crippen LogP contribution >= 0.6 is 9.39 Å². The van der Waals surface area contributed by atoms with Crippen molar-refractivity contribution in [2.24, 2.45) is 4.99 Å². The van der Waals surface area contributed by atoms with E-state index in [1.807, 2.05) is 51.2 Å². The van der Waals surface area contributed by atoms with Gasteiger partial charge in [0.1, 0.15) is 5.75 Å². The Bertz CT molecular complexity index is 1050. The Balaban J connectivity index is 0.00000201. The minimum atomic E-state index is -1.64. The molecule has 4 heteroatoms. The molecule has 0 amide bonds. The van der Waals surface area contributed by atoms with Gasteiger partial charge in [0.05, 0.1) is 0 Å². The van der Waals surface area contributed by atoms with Crippen LogP contribution in [-0.4, -0.2) is 23.7 Å². The highest BCUT2D eigenvalue weighted by Gasteiger charge is 2.12. The molecule has 0 aromatic heterocycles. The molecule has 2 rings (SSSR count). The molecule has 0 aliphatic carbocycles. The molecule has 2 aromatic rings. The van der Waals surface area contributed by atoms with Crippen molar-refractivity contribution in [3.8, 4) is 5.75 Å².